The van der Waals surface area contributed by atoms with Crippen molar-refractivity contribution in [1.29, 1.82) is 0 Å². The molecule has 2 aromatic rings. The lowest BCUT2D eigenvalue weighted by molar-refractivity contribution is 0.488. The molecule has 3 heteroatoms. The van der Waals surface area contributed by atoms with E-state index in [2.05, 4.69) is 4.98 Å². The number of furan rings is 1. The standard InChI is InChI=1S/C12H14N2O/c1-9-11(5-2-6-14-9)12(13)8-10-4-3-7-15-10/h2-7,12H,8,13H2,1H3. The fourth-order valence-electron chi connectivity index (χ4n) is 1.64. The Labute approximate surface area is 88.9 Å². The number of rotatable bonds is 3. The average Bonchev–Trinajstić information content (AvgIpc) is 2.71. The van der Waals surface area contributed by atoms with Gasteiger partial charge < -0.3 is 10.2 Å². The van der Waals surface area contributed by atoms with Crippen LogP contribution in [0.15, 0.2) is 41.1 Å². The van der Waals surface area contributed by atoms with Gasteiger partial charge in [-0.2, -0.15) is 0 Å². The van der Waals surface area contributed by atoms with Crippen LogP contribution < -0.4 is 5.73 Å². The highest BCUT2D eigenvalue weighted by atomic mass is 16.3. The topological polar surface area (TPSA) is 52.0 Å². The zero-order valence-corrected chi connectivity index (χ0v) is 8.68. The second-order valence-electron chi connectivity index (χ2n) is 3.57. The first-order valence-corrected chi connectivity index (χ1v) is 4.97. The van der Waals surface area contributed by atoms with E-state index in [1.165, 1.54) is 0 Å². The highest BCUT2D eigenvalue weighted by Gasteiger charge is 2.11. The molecule has 0 saturated carbocycles. The van der Waals surface area contributed by atoms with Gasteiger partial charge in [-0.25, -0.2) is 0 Å². The third-order valence-electron chi connectivity index (χ3n) is 2.45. The van der Waals surface area contributed by atoms with Gasteiger partial charge in [0.05, 0.1) is 6.26 Å². The Kier molecular flexibility index (Phi) is 2.83. The van der Waals surface area contributed by atoms with E-state index in [1.807, 2.05) is 31.2 Å². The van der Waals surface area contributed by atoms with Crippen LogP contribution in [0.3, 0.4) is 0 Å². The van der Waals surface area contributed by atoms with Crippen LogP contribution in [-0.2, 0) is 6.42 Å². The maximum absolute atomic E-state index is 6.09. The summed E-state index contributed by atoms with van der Waals surface area (Å²) in [7, 11) is 0. The lowest BCUT2D eigenvalue weighted by atomic mass is 10.0. The molecular formula is C12H14N2O. The molecule has 0 amide bonds. The minimum absolute atomic E-state index is 0.0511. The van der Waals surface area contributed by atoms with Crippen LogP contribution in [0.25, 0.3) is 0 Å². The fourth-order valence-corrected chi connectivity index (χ4v) is 1.64. The first kappa shape index (κ1) is 9.93. The van der Waals surface area contributed by atoms with Crippen LogP contribution in [-0.4, -0.2) is 4.98 Å². The molecule has 2 aromatic heterocycles. The lowest BCUT2D eigenvalue weighted by Crippen LogP contribution is -2.14. The molecule has 1 unspecified atom stereocenters. The predicted octanol–water partition coefficient (Wildman–Crippen LogP) is 2.23. The smallest absolute Gasteiger partial charge is 0.105 e. The molecule has 0 fully saturated rings. The molecule has 0 radical (unpaired) electrons. The number of nitrogens with two attached hydrogens (primary N) is 1. The van der Waals surface area contributed by atoms with E-state index in [1.54, 1.807) is 12.5 Å². The summed E-state index contributed by atoms with van der Waals surface area (Å²) >= 11 is 0. The van der Waals surface area contributed by atoms with Crippen molar-refractivity contribution in [1.82, 2.24) is 4.98 Å². The van der Waals surface area contributed by atoms with Gasteiger partial charge in [0, 0.05) is 24.4 Å². The molecule has 0 aliphatic carbocycles. The fraction of sp³-hybridized carbons (Fsp3) is 0.250. The monoisotopic (exact) mass is 202 g/mol. The van der Waals surface area contributed by atoms with Gasteiger partial charge in [-0.3, -0.25) is 4.98 Å². The summed E-state index contributed by atoms with van der Waals surface area (Å²) in [6.07, 6.45) is 4.15. The summed E-state index contributed by atoms with van der Waals surface area (Å²) in [5, 5.41) is 0. The van der Waals surface area contributed by atoms with Crippen molar-refractivity contribution < 1.29 is 4.42 Å². The van der Waals surface area contributed by atoms with Crippen LogP contribution in [0.5, 0.6) is 0 Å². The number of pyridine rings is 1. The van der Waals surface area contributed by atoms with Crippen LogP contribution in [0.4, 0.5) is 0 Å². The highest BCUT2D eigenvalue weighted by Crippen LogP contribution is 2.17. The normalized spacial score (nSPS) is 12.7. The largest absolute Gasteiger partial charge is 0.469 e. The number of aromatic nitrogens is 1. The molecule has 78 valence electrons. The Hall–Kier alpha value is -1.61. The van der Waals surface area contributed by atoms with Gasteiger partial charge in [-0.05, 0) is 30.7 Å². The van der Waals surface area contributed by atoms with Crippen molar-refractivity contribution in [2.24, 2.45) is 5.73 Å². The molecule has 0 aliphatic heterocycles. The maximum atomic E-state index is 6.09. The number of aryl methyl sites for hydroxylation is 1. The van der Waals surface area contributed by atoms with E-state index in [4.69, 9.17) is 10.2 Å². The highest BCUT2D eigenvalue weighted by molar-refractivity contribution is 5.23. The number of hydrogen-bond acceptors (Lipinski definition) is 3. The first-order chi connectivity index (χ1) is 7.27. The summed E-state index contributed by atoms with van der Waals surface area (Å²) in [6, 6.07) is 7.68. The van der Waals surface area contributed by atoms with Crippen molar-refractivity contribution in [3.05, 3.63) is 53.7 Å². The van der Waals surface area contributed by atoms with Crippen molar-refractivity contribution >= 4 is 0 Å². The van der Waals surface area contributed by atoms with Crippen molar-refractivity contribution in [2.45, 2.75) is 19.4 Å². The van der Waals surface area contributed by atoms with Gasteiger partial charge in [0.1, 0.15) is 5.76 Å². The molecule has 3 nitrogen and oxygen atoms in total. The zero-order chi connectivity index (χ0) is 10.7. The third-order valence-corrected chi connectivity index (χ3v) is 2.45. The summed E-state index contributed by atoms with van der Waals surface area (Å²) in [5.74, 6) is 0.908. The summed E-state index contributed by atoms with van der Waals surface area (Å²) < 4.78 is 5.27. The van der Waals surface area contributed by atoms with Gasteiger partial charge >= 0.3 is 0 Å². The van der Waals surface area contributed by atoms with E-state index in [9.17, 15) is 0 Å². The van der Waals surface area contributed by atoms with Crippen molar-refractivity contribution in [3.63, 3.8) is 0 Å². The molecule has 0 saturated heterocycles. The van der Waals surface area contributed by atoms with E-state index >= 15 is 0 Å². The van der Waals surface area contributed by atoms with E-state index < -0.39 is 0 Å². The molecule has 1 atom stereocenters. The van der Waals surface area contributed by atoms with Gasteiger partial charge in [0.2, 0.25) is 0 Å². The quantitative estimate of drug-likeness (QED) is 0.830. The Bertz CT molecular complexity index is 423. The summed E-state index contributed by atoms with van der Waals surface area (Å²) in [5.41, 5.74) is 8.15. The zero-order valence-electron chi connectivity index (χ0n) is 8.68. The van der Waals surface area contributed by atoms with E-state index in [0.717, 1.165) is 17.0 Å². The van der Waals surface area contributed by atoms with Crippen molar-refractivity contribution in [2.75, 3.05) is 0 Å². The Balaban J connectivity index is 2.15. The van der Waals surface area contributed by atoms with Crippen LogP contribution >= 0.6 is 0 Å². The van der Waals surface area contributed by atoms with Gasteiger partial charge in [-0.1, -0.05) is 6.07 Å². The Morgan fingerprint density at radius 3 is 2.93 bits per heavy atom. The summed E-state index contributed by atoms with van der Waals surface area (Å²) in [4.78, 5) is 4.22. The molecule has 2 heterocycles. The van der Waals surface area contributed by atoms with E-state index in [-0.39, 0.29) is 6.04 Å². The molecule has 15 heavy (non-hydrogen) atoms. The minimum Gasteiger partial charge on any atom is -0.469 e. The van der Waals surface area contributed by atoms with Gasteiger partial charge in [-0.15, -0.1) is 0 Å². The van der Waals surface area contributed by atoms with Crippen LogP contribution in [0, 0.1) is 6.92 Å². The second-order valence-corrected chi connectivity index (χ2v) is 3.57. The molecule has 2 N–H and O–H groups in total. The molecule has 0 aliphatic rings. The predicted molar refractivity (Wildman–Crippen MR) is 58.3 cm³/mol. The minimum atomic E-state index is -0.0511. The average molecular weight is 202 g/mol. The molecule has 0 bridgehead atoms. The SMILES string of the molecule is Cc1ncccc1C(N)Cc1ccco1. The molecule has 2 rings (SSSR count). The first-order valence-electron chi connectivity index (χ1n) is 4.97. The van der Waals surface area contributed by atoms with Crippen LogP contribution in [0.2, 0.25) is 0 Å². The van der Waals surface area contributed by atoms with Crippen LogP contribution in [0.1, 0.15) is 23.1 Å². The Morgan fingerprint density at radius 1 is 1.40 bits per heavy atom. The van der Waals surface area contributed by atoms with E-state index in [0.29, 0.717) is 6.42 Å². The third kappa shape index (κ3) is 2.25. The maximum Gasteiger partial charge on any atom is 0.105 e. The van der Waals surface area contributed by atoms with Gasteiger partial charge in [0.15, 0.2) is 0 Å². The summed E-state index contributed by atoms with van der Waals surface area (Å²) in [6.45, 7) is 1.97. The van der Waals surface area contributed by atoms with Crippen molar-refractivity contribution in [3.8, 4) is 0 Å². The molecule has 0 aromatic carbocycles. The Morgan fingerprint density at radius 2 is 2.27 bits per heavy atom. The number of nitrogens with zero attached hydrogens (tertiary/aromatic N) is 1. The molecule has 0 spiro atoms. The lowest BCUT2D eigenvalue weighted by Gasteiger charge is -2.12. The molecular weight excluding hydrogens is 188 g/mol. The van der Waals surface area contributed by atoms with Gasteiger partial charge in [0.25, 0.3) is 0 Å². The second kappa shape index (κ2) is 4.28. The number of hydrogen-bond donors (Lipinski definition) is 1.